The van der Waals surface area contributed by atoms with E-state index in [-0.39, 0.29) is 13.0 Å². The molecule has 16 atom stereocenters. The monoisotopic (exact) mass is 687 g/mol. The molecule has 0 spiro atoms. The Morgan fingerprint density at radius 1 is 0.851 bits per heavy atom. The largest absolute Gasteiger partial charge is 0.394 e. The number of nitrogens with one attached hydrogen (secondary N) is 2. The van der Waals surface area contributed by atoms with Crippen LogP contribution in [0.2, 0.25) is 0 Å². The van der Waals surface area contributed by atoms with E-state index in [1.54, 1.807) is 0 Å². The van der Waals surface area contributed by atoms with Gasteiger partial charge in [-0.3, -0.25) is 9.59 Å². The summed E-state index contributed by atoms with van der Waals surface area (Å²) in [6, 6.07) is -2.39. The number of nitrogens with two attached hydrogens (primary N) is 1. The average molecular weight is 688 g/mol. The molecule has 10 unspecified atom stereocenters. The van der Waals surface area contributed by atoms with Gasteiger partial charge in [0.15, 0.2) is 18.9 Å². The smallest absolute Gasteiger partial charge is 0.217 e. The first-order valence-corrected chi connectivity index (χ1v) is 15.3. The van der Waals surface area contributed by atoms with Gasteiger partial charge in [0.05, 0.1) is 38.6 Å². The van der Waals surface area contributed by atoms with Crippen molar-refractivity contribution in [2.24, 2.45) is 5.73 Å². The van der Waals surface area contributed by atoms with Gasteiger partial charge in [-0.15, -0.1) is 0 Å². The molecule has 0 aromatic carbocycles. The van der Waals surface area contributed by atoms with E-state index >= 15 is 0 Å². The molecule has 3 aliphatic heterocycles. The van der Waals surface area contributed by atoms with Crippen LogP contribution in [-0.4, -0.2) is 189 Å². The third-order valence-corrected chi connectivity index (χ3v) is 8.06. The summed E-state index contributed by atoms with van der Waals surface area (Å²) in [6.07, 6.45) is -21.6. The molecule has 20 heteroatoms. The van der Waals surface area contributed by atoms with Crippen LogP contribution in [0, 0.1) is 0 Å². The van der Waals surface area contributed by atoms with Crippen LogP contribution < -0.4 is 16.4 Å². The highest BCUT2D eigenvalue weighted by molar-refractivity contribution is 5.73. The Morgan fingerprint density at radius 2 is 1.49 bits per heavy atom. The van der Waals surface area contributed by atoms with E-state index in [0.717, 1.165) is 6.92 Å². The molecule has 0 saturated carbocycles. The highest BCUT2D eigenvalue weighted by Gasteiger charge is 2.52. The standard InChI is InChI=1S/C27H49N3O17/c1-10(33)29-17-12(35)6-16(46-25(17)19(37)13(36)7-31)43-9-15-20(38)22(40)23(41)27(45-15)47-24-14(8-32)44-26(42-5-3-4-28)18(21(24)39)30-11(2)34/h12-27,31-32,35-41H,3-9,28H2,1-2H3,(H,29,33)(H,30,34)/t12?,13?,14?,15?,16-,17+,18?,19?,20-,21?,22?,23?,24+,25?,26+,27-/m0/s1. The maximum absolute atomic E-state index is 11.9. The molecule has 3 fully saturated rings. The van der Waals surface area contributed by atoms with E-state index in [4.69, 9.17) is 34.2 Å². The van der Waals surface area contributed by atoms with E-state index in [9.17, 15) is 55.5 Å². The lowest BCUT2D eigenvalue weighted by Crippen LogP contribution is -2.67. The molecule has 3 saturated heterocycles. The summed E-state index contributed by atoms with van der Waals surface area (Å²) >= 11 is 0. The fraction of sp³-hybridized carbons (Fsp3) is 0.926. The zero-order chi connectivity index (χ0) is 35.0. The minimum atomic E-state index is -1.88. The number of carbonyl (C=O) groups is 2. The molecule has 0 aliphatic carbocycles. The van der Waals surface area contributed by atoms with Crippen LogP contribution in [0.1, 0.15) is 26.7 Å². The van der Waals surface area contributed by atoms with Gasteiger partial charge in [0.25, 0.3) is 0 Å². The van der Waals surface area contributed by atoms with Gasteiger partial charge in [-0.1, -0.05) is 0 Å². The van der Waals surface area contributed by atoms with E-state index < -0.39 is 130 Å². The van der Waals surface area contributed by atoms with Crippen molar-refractivity contribution in [2.75, 3.05) is 33.0 Å². The van der Waals surface area contributed by atoms with Gasteiger partial charge in [0.1, 0.15) is 67.1 Å². The molecule has 0 aromatic rings. The predicted molar refractivity (Wildman–Crippen MR) is 152 cm³/mol. The SMILES string of the molecule is CC(=O)NC1C(O)[C@H](O[C@@H]2OC(CO[C@@H]3CC(O)[C@@H](NC(C)=O)C(C(O)C(O)CO)O3)[C@H](O)C(O)C2O)C(CO)O[C@H]1OCCCN. The maximum Gasteiger partial charge on any atom is 0.217 e. The summed E-state index contributed by atoms with van der Waals surface area (Å²) in [4.78, 5) is 23.6. The van der Waals surface area contributed by atoms with Crippen LogP contribution in [0.3, 0.4) is 0 Å². The number of hydrogen-bond acceptors (Lipinski definition) is 18. The number of hydrogen-bond donors (Lipinski definition) is 12. The third kappa shape index (κ3) is 10.2. The van der Waals surface area contributed by atoms with Gasteiger partial charge in [-0.2, -0.15) is 0 Å². The second-order valence-electron chi connectivity index (χ2n) is 11.7. The summed E-state index contributed by atoms with van der Waals surface area (Å²) < 4.78 is 34.1. The van der Waals surface area contributed by atoms with E-state index in [0.29, 0.717) is 13.0 Å². The number of carbonyl (C=O) groups excluding carboxylic acids is 2. The lowest BCUT2D eigenvalue weighted by molar-refractivity contribution is -0.353. The first kappa shape index (κ1) is 39.7. The lowest BCUT2D eigenvalue weighted by Gasteiger charge is -2.47. The summed E-state index contributed by atoms with van der Waals surface area (Å²) in [6.45, 7) is 0.651. The highest BCUT2D eigenvalue weighted by atomic mass is 16.7. The minimum absolute atomic E-state index is 0.112. The van der Waals surface area contributed by atoms with Crippen LogP contribution in [-0.2, 0) is 38.0 Å². The van der Waals surface area contributed by atoms with E-state index in [1.807, 2.05) is 0 Å². The van der Waals surface area contributed by atoms with Gasteiger partial charge < -0.3 is 90.7 Å². The van der Waals surface area contributed by atoms with Crippen LogP contribution in [0.4, 0.5) is 0 Å². The van der Waals surface area contributed by atoms with Crippen LogP contribution >= 0.6 is 0 Å². The molecular weight excluding hydrogens is 638 g/mol. The van der Waals surface area contributed by atoms with Crippen molar-refractivity contribution in [1.29, 1.82) is 0 Å². The summed E-state index contributed by atoms with van der Waals surface area (Å²) in [5.74, 6) is -1.12. The Morgan fingerprint density at radius 3 is 2.09 bits per heavy atom. The number of amides is 2. The predicted octanol–water partition coefficient (Wildman–Crippen LogP) is -7.16. The minimum Gasteiger partial charge on any atom is -0.394 e. The number of aliphatic hydroxyl groups is 9. The van der Waals surface area contributed by atoms with Gasteiger partial charge in [0, 0.05) is 20.3 Å². The summed E-state index contributed by atoms with van der Waals surface area (Å²) in [7, 11) is 0. The molecule has 47 heavy (non-hydrogen) atoms. The fourth-order valence-corrected chi connectivity index (χ4v) is 5.59. The Kier molecular flexibility index (Phi) is 15.5. The number of aliphatic hydroxyl groups excluding tert-OH is 9. The Labute approximate surface area is 270 Å². The van der Waals surface area contributed by atoms with E-state index in [1.165, 1.54) is 6.92 Å². The first-order chi connectivity index (χ1) is 22.2. The fourth-order valence-electron chi connectivity index (χ4n) is 5.59. The molecule has 274 valence electrons. The van der Waals surface area contributed by atoms with Crippen LogP contribution in [0.15, 0.2) is 0 Å². The molecule has 3 aliphatic rings. The Hall–Kier alpha value is -1.70. The molecule has 13 N–H and O–H groups in total. The molecule has 3 heterocycles. The second-order valence-corrected chi connectivity index (χ2v) is 11.7. The summed E-state index contributed by atoms with van der Waals surface area (Å²) in [5, 5.41) is 98.4. The van der Waals surface area contributed by atoms with Crippen molar-refractivity contribution in [2.45, 2.75) is 125 Å². The first-order valence-electron chi connectivity index (χ1n) is 15.3. The van der Waals surface area contributed by atoms with Gasteiger partial charge >= 0.3 is 0 Å². The Bertz CT molecular complexity index is 985. The molecule has 0 radical (unpaired) electrons. The van der Waals surface area contributed by atoms with Crippen molar-refractivity contribution in [3.8, 4) is 0 Å². The molecule has 2 amide bonds. The van der Waals surface area contributed by atoms with Crippen molar-refractivity contribution >= 4 is 11.8 Å². The Balaban J connectivity index is 1.72. The van der Waals surface area contributed by atoms with Gasteiger partial charge in [-0.05, 0) is 13.0 Å². The third-order valence-electron chi connectivity index (χ3n) is 8.06. The summed E-state index contributed by atoms with van der Waals surface area (Å²) in [5.41, 5.74) is 5.49. The normalized spacial score (nSPS) is 40.8. The average Bonchev–Trinajstić information content (AvgIpc) is 3.03. The molecule has 0 aromatic heterocycles. The lowest BCUT2D eigenvalue weighted by atomic mass is 9.92. The van der Waals surface area contributed by atoms with Gasteiger partial charge in [-0.25, -0.2) is 0 Å². The highest BCUT2D eigenvalue weighted by Crippen LogP contribution is 2.31. The molecule has 0 bridgehead atoms. The molecular formula is C27H49N3O17. The van der Waals surface area contributed by atoms with Crippen molar-refractivity contribution < 1.29 is 84.0 Å². The second kappa shape index (κ2) is 18.3. The zero-order valence-corrected chi connectivity index (χ0v) is 26.1. The van der Waals surface area contributed by atoms with Crippen LogP contribution in [0.25, 0.3) is 0 Å². The maximum atomic E-state index is 11.9. The van der Waals surface area contributed by atoms with Gasteiger partial charge in [0.2, 0.25) is 11.8 Å². The van der Waals surface area contributed by atoms with E-state index in [2.05, 4.69) is 10.6 Å². The van der Waals surface area contributed by atoms with Crippen molar-refractivity contribution in [1.82, 2.24) is 10.6 Å². The van der Waals surface area contributed by atoms with Crippen molar-refractivity contribution in [3.63, 3.8) is 0 Å². The quantitative estimate of drug-likeness (QED) is 0.0711. The zero-order valence-electron chi connectivity index (χ0n) is 26.1. The van der Waals surface area contributed by atoms with Crippen molar-refractivity contribution in [3.05, 3.63) is 0 Å². The topological polar surface area (TPSA) is 322 Å². The number of ether oxygens (including phenoxy) is 6. The number of rotatable bonds is 15. The molecule has 3 rings (SSSR count). The molecule has 20 nitrogen and oxygen atoms in total. The van der Waals surface area contributed by atoms with Crippen LogP contribution in [0.5, 0.6) is 0 Å².